The highest BCUT2D eigenvalue weighted by Crippen LogP contribution is 2.35. The molecule has 1 aromatic carbocycles. The van der Waals surface area contributed by atoms with Crippen LogP contribution in [-0.2, 0) is 0 Å². The van der Waals surface area contributed by atoms with Crippen molar-refractivity contribution in [2.75, 3.05) is 20.2 Å². The van der Waals surface area contributed by atoms with Gasteiger partial charge in [-0.2, -0.15) is 0 Å². The second-order valence-corrected chi connectivity index (χ2v) is 5.11. The monoisotopic (exact) mass is 245 g/mol. The molecule has 0 aliphatic carbocycles. The molecule has 1 atom stereocenters. The van der Waals surface area contributed by atoms with Gasteiger partial charge in [0.05, 0.1) is 13.2 Å². The van der Waals surface area contributed by atoms with E-state index in [9.17, 15) is 5.11 Å². The van der Waals surface area contributed by atoms with Crippen molar-refractivity contribution in [1.29, 1.82) is 0 Å². The van der Waals surface area contributed by atoms with E-state index in [2.05, 4.69) is 11.0 Å². The van der Waals surface area contributed by atoms with Crippen molar-refractivity contribution >= 4 is 6.08 Å². The van der Waals surface area contributed by atoms with E-state index in [1.165, 1.54) is 0 Å². The summed E-state index contributed by atoms with van der Waals surface area (Å²) in [4.78, 5) is 2.31. The molecule has 0 saturated carbocycles. The van der Waals surface area contributed by atoms with Gasteiger partial charge in [-0.15, -0.1) is 0 Å². The highest BCUT2D eigenvalue weighted by molar-refractivity contribution is 5.55. The van der Waals surface area contributed by atoms with Crippen LogP contribution < -0.4 is 4.74 Å². The van der Waals surface area contributed by atoms with Crippen molar-refractivity contribution in [3.8, 4) is 5.75 Å². The summed E-state index contributed by atoms with van der Waals surface area (Å²) < 4.78 is 5.15. The van der Waals surface area contributed by atoms with Gasteiger partial charge in [0.25, 0.3) is 0 Å². The molecule has 0 spiro atoms. The van der Waals surface area contributed by atoms with Crippen LogP contribution in [0.15, 0.2) is 30.0 Å². The second-order valence-electron chi connectivity index (χ2n) is 5.11. The summed E-state index contributed by atoms with van der Waals surface area (Å²) in [5.41, 5.74) is 2.21. The first-order chi connectivity index (χ1) is 8.78. The number of aliphatic hydroxyl groups is 1. The number of methoxy groups -OCH3 is 1. The van der Waals surface area contributed by atoms with Crippen molar-refractivity contribution in [1.82, 2.24) is 4.90 Å². The Kier molecular flexibility index (Phi) is 3.00. The molecule has 0 aromatic heterocycles. The molecule has 3 aliphatic heterocycles. The minimum absolute atomic E-state index is 0.283. The number of ether oxygens (including phenoxy) is 1. The average Bonchev–Trinajstić information content (AvgIpc) is 2.44. The molecular formula is C15H19NO2. The Morgan fingerprint density at radius 2 is 1.89 bits per heavy atom. The SMILES string of the molecule is COc1ccc(/C=C2/C(O)C3CCN2CC3)cc1. The van der Waals surface area contributed by atoms with Crippen molar-refractivity contribution in [2.45, 2.75) is 18.9 Å². The van der Waals surface area contributed by atoms with Crippen molar-refractivity contribution in [2.24, 2.45) is 5.92 Å². The van der Waals surface area contributed by atoms with Crippen molar-refractivity contribution in [3.05, 3.63) is 35.5 Å². The summed E-state index contributed by atoms with van der Waals surface area (Å²) in [6.07, 6.45) is 4.08. The molecular weight excluding hydrogens is 226 g/mol. The number of rotatable bonds is 2. The number of aliphatic hydroxyl groups excluding tert-OH is 1. The third-order valence-corrected chi connectivity index (χ3v) is 4.08. The van der Waals surface area contributed by atoms with Crippen LogP contribution in [-0.4, -0.2) is 36.3 Å². The van der Waals surface area contributed by atoms with Gasteiger partial charge in [0.2, 0.25) is 0 Å². The first-order valence-electron chi connectivity index (χ1n) is 6.56. The second kappa shape index (κ2) is 4.65. The van der Waals surface area contributed by atoms with Gasteiger partial charge in [-0.05, 0) is 42.5 Å². The van der Waals surface area contributed by atoms with Crippen molar-refractivity contribution in [3.63, 3.8) is 0 Å². The third kappa shape index (κ3) is 1.99. The normalized spacial score (nSPS) is 28.8. The van der Waals surface area contributed by atoms with Gasteiger partial charge in [-0.3, -0.25) is 0 Å². The Morgan fingerprint density at radius 1 is 1.22 bits per heavy atom. The fourth-order valence-corrected chi connectivity index (χ4v) is 2.95. The van der Waals surface area contributed by atoms with Crippen molar-refractivity contribution < 1.29 is 9.84 Å². The summed E-state index contributed by atoms with van der Waals surface area (Å²) in [6, 6.07) is 7.97. The zero-order chi connectivity index (χ0) is 12.5. The van der Waals surface area contributed by atoms with Crippen LogP contribution in [0.3, 0.4) is 0 Å². The van der Waals surface area contributed by atoms with Gasteiger partial charge >= 0.3 is 0 Å². The molecule has 3 nitrogen and oxygen atoms in total. The summed E-state index contributed by atoms with van der Waals surface area (Å²) in [5.74, 6) is 1.32. The van der Waals surface area contributed by atoms with Gasteiger partial charge in [0.15, 0.2) is 0 Å². The van der Waals surface area contributed by atoms with Crippen LogP contribution >= 0.6 is 0 Å². The molecule has 0 radical (unpaired) electrons. The molecule has 18 heavy (non-hydrogen) atoms. The molecule has 1 aromatic rings. The molecule has 4 rings (SSSR count). The van der Waals surface area contributed by atoms with Crippen LogP contribution in [0, 0.1) is 5.92 Å². The minimum Gasteiger partial charge on any atom is -0.497 e. The zero-order valence-corrected chi connectivity index (χ0v) is 10.7. The quantitative estimate of drug-likeness (QED) is 0.866. The lowest BCUT2D eigenvalue weighted by Gasteiger charge is -2.45. The smallest absolute Gasteiger partial charge is 0.118 e. The van der Waals surface area contributed by atoms with Gasteiger partial charge in [-0.25, -0.2) is 0 Å². The first kappa shape index (κ1) is 11.6. The Balaban J connectivity index is 1.86. The van der Waals surface area contributed by atoms with Crippen LogP contribution in [0.1, 0.15) is 18.4 Å². The molecule has 3 saturated heterocycles. The summed E-state index contributed by atoms with van der Waals surface area (Å²) in [6.45, 7) is 2.17. The molecule has 3 heteroatoms. The number of benzene rings is 1. The standard InChI is InChI=1S/C15H19NO2/c1-18-13-4-2-11(3-5-13)10-14-15(17)12-6-8-16(14)9-7-12/h2-5,10,12,15,17H,6-9H2,1H3/b14-10-. The molecule has 1 N–H and O–H groups in total. The Labute approximate surface area is 108 Å². The summed E-state index contributed by atoms with van der Waals surface area (Å²) >= 11 is 0. The summed E-state index contributed by atoms with van der Waals surface area (Å²) in [5, 5.41) is 10.3. The van der Waals surface area contributed by atoms with E-state index in [4.69, 9.17) is 4.74 Å². The highest BCUT2D eigenvalue weighted by atomic mass is 16.5. The van der Waals surface area contributed by atoms with E-state index < -0.39 is 0 Å². The largest absolute Gasteiger partial charge is 0.497 e. The number of piperidine rings is 3. The van der Waals surface area contributed by atoms with Gasteiger partial charge in [0.1, 0.15) is 5.75 Å². The molecule has 96 valence electrons. The van der Waals surface area contributed by atoms with E-state index in [-0.39, 0.29) is 6.10 Å². The number of nitrogens with zero attached hydrogens (tertiary/aromatic N) is 1. The lowest BCUT2D eigenvalue weighted by Crippen LogP contribution is -2.48. The van der Waals surface area contributed by atoms with Crippen LogP contribution in [0.4, 0.5) is 0 Å². The molecule has 1 unspecified atom stereocenters. The summed E-state index contributed by atoms with van der Waals surface area (Å²) in [7, 11) is 1.67. The minimum atomic E-state index is -0.283. The van der Waals surface area contributed by atoms with E-state index in [1.807, 2.05) is 24.3 Å². The maximum atomic E-state index is 10.3. The van der Waals surface area contributed by atoms with Crippen LogP contribution in [0.25, 0.3) is 6.08 Å². The topological polar surface area (TPSA) is 32.7 Å². The molecule has 2 bridgehead atoms. The molecule has 3 aliphatic rings. The van der Waals surface area contributed by atoms with Gasteiger partial charge < -0.3 is 14.7 Å². The maximum Gasteiger partial charge on any atom is 0.118 e. The predicted octanol–water partition coefficient (Wildman–Crippen LogP) is 2.12. The molecule has 3 fully saturated rings. The number of fused-ring (bicyclic) bond motifs is 3. The lowest BCUT2D eigenvalue weighted by atomic mass is 9.83. The van der Waals surface area contributed by atoms with E-state index >= 15 is 0 Å². The van der Waals surface area contributed by atoms with E-state index in [0.29, 0.717) is 5.92 Å². The third-order valence-electron chi connectivity index (χ3n) is 4.08. The average molecular weight is 245 g/mol. The van der Waals surface area contributed by atoms with Crippen LogP contribution in [0.2, 0.25) is 0 Å². The maximum absolute atomic E-state index is 10.3. The van der Waals surface area contributed by atoms with Gasteiger partial charge in [-0.1, -0.05) is 12.1 Å². The Hall–Kier alpha value is -1.48. The molecule has 3 heterocycles. The number of hydrogen-bond donors (Lipinski definition) is 1. The fraction of sp³-hybridized carbons (Fsp3) is 0.467. The number of hydrogen-bond acceptors (Lipinski definition) is 3. The predicted molar refractivity (Wildman–Crippen MR) is 71.3 cm³/mol. The highest BCUT2D eigenvalue weighted by Gasteiger charge is 2.36. The fourth-order valence-electron chi connectivity index (χ4n) is 2.95. The van der Waals surface area contributed by atoms with Gasteiger partial charge in [0, 0.05) is 18.8 Å². The van der Waals surface area contributed by atoms with Crippen LogP contribution in [0.5, 0.6) is 5.75 Å². The zero-order valence-electron chi connectivity index (χ0n) is 10.7. The Morgan fingerprint density at radius 3 is 2.44 bits per heavy atom. The Bertz CT molecular complexity index is 440. The first-order valence-corrected chi connectivity index (χ1v) is 6.56. The van der Waals surface area contributed by atoms with E-state index in [1.54, 1.807) is 7.11 Å². The lowest BCUT2D eigenvalue weighted by molar-refractivity contribution is 0.0215. The molecule has 0 amide bonds. The van der Waals surface area contributed by atoms with E-state index in [0.717, 1.165) is 42.9 Å².